The van der Waals surface area contributed by atoms with E-state index in [2.05, 4.69) is 11.4 Å². The Morgan fingerprint density at radius 1 is 1.50 bits per heavy atom. The molecule has 16 heavy (non-hydrogen) atoms. The summed E-state index contributed by atoms with van der Waals surface area (Å²) in [6, 6.07) is 8.20. The average molecular weight is 220 g/mol. The number of hydrogen-bond donors (Lipinski definition) is 2. The standard InChI is InChI=1S/C13H20N2O/c1-16-12-6-2-4-10(8-12)13(14)11-5-3-7-15-9-11/h2,4,6,8,11,13,15H,3,5,7,9,14H2,1H3. The minimum atomic E-state index is 0.114. The van der Waals surface area contributed by atoms with Crippen LogP contribution in [0.3, 0.4) is 0 Å². The summed E-state index contributed by atoms with van der Waals surface area (Å²) in [4.78, 5) is 0. The molecule has 1 aliphatic heterocycles. The molecule has 0 amide bonds. The zero-order chi connectivity index (χ0) is 11.4. The fourth-order valence-electron chi connectivity index (χ4n) is 2.31. The second kappa shape index (κ2) is 5.32. The number of hydrogen-bond acceptors (Lipinski definition) is 3. The Bertz CT molecular complexity index is 334. The molecular weight excluding hydrogens is 200 g/mol. The van der Waals surface area contributed by atoms with E-state index in [1.54, 1.807) is 7.11 Å². The first-order chi connectivity index (χ1) is 7.81. The van der Waals surface area contributed by atoms with Gasteiger partial charge in [-0.15, -0.1) is 0 Å². The zero-order valence-electron chi connectivity index (χ0n) is 9.78. The van der Waals surface area contributed by atoms with Crippen molar-refractivity contribution >= 4 is 0 Å². The van der Waals surface area contributed by atoms with Crippen molar-refractivity contribution in [1.82, 2.24) is 5.32 Å². The number of nitrogens with two attached hydrogens (primary N) is 1. The van der Waals surface area contributed by atoms with E-state index in [-0.39, 0.29) is 6.04 Å². The van der Waals surface area contributed by atoms with E-state index in [9.17, 15) is 0 Å². The van der Waals surface area contributed by atoms with Crippen LogP contribution >= 0.6 is 0 Å². The van der Waals surface area contributed by atoms with E-state index in [1.165, 1.54) is 18.4 Å². The number of rotatable bonds is 3. The van der Waals surface area contributed by atoms with Gasteiger partial charge >= 0.3 is 0 Å². The normalized spacial score (nSPS) is 22.8. The monoisotopic (exact) mass is 220 g/mol. The zero-order valence-corrected chi connectivity index (χ0v) is 9.78. The van der Waals surface area contributed by atoms with E-state index in [4.69, 9.17) is 10.5 Å². The first kappa shape index (κ1) is 11.4. The molecule has 1 aromatic carbocycles. The molecule has 2 unspecified atom stereocenters. The number of methoxy groups -OCH3 is 1. The highest BCUT2D eigenvalue weighted by Crippen LogP contribution is 2.27. The van der Waals surface area contributed by atoms with E-state index in [0.717, 1.165) is 18.8 Å². The van der Waals surface area contributed by atoms with Gasteiger partial charge in [-0.1, -0.05) is 12.1 Å². The lowest BCUT2D eigenvalue weighted by molar-refractivity contribution is 0.325. The Kier molecular flexibility index (Phi) is 3.80. The summed E-state index contributed by atoms with van der Waals surface area (Å²) in [5, 5.41) is 3.40. The van der Waals surface area contributed by atoms with Gasteiger partial charge < -0.3 is 15.8 Å². The first-order valence-corrected chi connectivity index (χ1v) is 5.91. The average Bonchev–Trinajstić information content (AvgIpc) is 2.39. The fourth-order valence-corrected chi connectivity index (χ4v) is 2.31. The van der Waals surface area contributed by atoms with E-state index in [1.807, 2.05) is 18.2 Å². The maximum atomic E-state index is 6.30. The molecule has 0 bridgehead atoms. The lowest BCUT2D eigenvalue weighted by Crippen LogP contribution is -2.36. The quantitative estimate of drug-likeness (QED) is 0.815. The van der Waals surface area contributed by atoms with Crippen molar-refractivity contribution < 1.29 is 4.74 Å². The molecule has 0 aliphatic carbocycles. The Morgan fingerprint density at radius 2 is 2.38 bits per heavy atom. The van der Waals surface area contributed by atoms with Crippen LogP contribution in [0.25, 0.3) is 0 Å². The molecule has 0 saturated carbocycles. The third-order valence-electron chi connectivity index (χ3n) is 3.32. The third kappa shape index (κ3) is 2.54. The van der Waals surface area contributed by atoms with Crippen LogP contribution in [-0.2, 0) is 0 Å². The fraction of sp³-hybridized carbons (Fsp3) is 0.538. The van der Waals surface area contributed by atoms with Crippen LogP contribution < -0.4 is 15.8 Å². The maximum Gasteiger partial charge on any atom is 0.119 e. The van der Waals surface area contributed by atoms with Gasteiger partial charge in [-0.25, -0.2) is 0 Å². The van der Waals surface area contributed by atoms with Crippen LogP contribution in [0.1, 0.15) is 24.4 Å². The van der Waals surface area contributed by atoms with Crippen molar-refractivity contribution in [1.29, 1.82) is 0 Å². The Morgan fingerprint density at radius 3 is 3.06 bits per heavy atom. The van der Waals surface area contributed by atoms with Gasteiger partial charge in [0.1, 0.15) is 5.75 Å². The molecule has 0 spiro atoms. The molecule has 1 saturated heterocycles. The highest BCUT2D eigenvalue weighted by atomic mass is 16.5. The van der Waals surface area contributed by atoms with Crippen LogP contribution in [-0.4, -0.2) is 20.2 Å². The van der Waals surface area contributed by atoms with E-state index in [0.29, 0.717) is 5.92 Å². The summed E-state index contributed by atoms with van der Waals surface area (Å²) in [7, 11) is 1.69. The van der Waals surface area contributed by atoms with Gasteiger partial charge in [-0.3, -0.25) is 0 Å². The number of ether oxygens (including phenoxy) is 1. The van der Waals surface area contributed by atoms with Crippen molar-refractivity contribution in [3.8, 4) is 5.75 Å². The van der Waals surface area contributed by atoms with Gasteiger partial charge in [-0.2, -0.15) is 0 Å². The molecule has 1 aromatic rings. The summed E-state index contributed by atoms with van der Waals surface area (Å²) < 4.78 is 5.22. The van der Waals surface area contributed by atoms with Gasteiger partial charge in [0.25, 0.3) is 0 Å². The van der Waals surface area contributed by atoms with E-state index < -0.39 is 0 Å². The molecule has 3 heteroatoms. The lowest BCUT2D eigenvalue weighted by Gasteiger charge is -2.28. The Hall–Kier alpha value is -1.06. The van der Waals surface area contributed by atoms with Crippen molar-refractivity contribution in [2.45, 2.75) is 18.9 Å². The summed E-state index contributed by atoms with van der Waals surface area (Å²) in [6.45, 7) is 2.15. The molecule has 2 rings (SSSR count). The molecule has 1 aliphatic rings. The summed E-state index contributed by atoms with van der Waals surface area (Å²) in [5.41, 5.74) is 7.47. The van der Waals surface area contributed by atoms with Crippen LogP contribution in [0, 0.1) is 5.92 Å². The van der Waals surface area contributed by atoms with Gasteiger partial charge in [0, 0.05) is 6.04 Å². The molecule has 1 fully saturated rings. The topological polar surface area (TPSA) is 47.3 Å². The molecule has 2 atom stereocenters. The first-order valence-electron chi connectivity index (χ1n) is 5.91. The minimum Gasteiger partial charge on any atom is -0.497 e. The van der Waals surface area contributed by atoms with Gasteiger partial charge in [0.05, 0.1) is 7.11 Å². The van der Waals surface area contributed by atoms with Crippen LogP contribution in [0.2, 0.25) is 0 Å². The van der Waals surface area contributed by atoms with Crippen molar-refractivity contribution in [3.63, 3.8) is 0 Å². The summed E-state index contributed by atoms with van der Waals surface area (Å²) >= 11 is 0. The molecule has 1 heterocycles. The molecule has 3 nitrogen and oxygen atoms in total. The highest BCUT2D eigenvalue weighted by molar-refractivity contribution is 5.30. The molecule has 0 aromatic heterocycles. The van der Waals surface area contributed by atoms with Crippen molar-refractivity contribution in [2.75, 3.05) is 20.2 Å². The van der Waals surface area contributed by atoms with Gasteiger partial charge in [-0.05, 0) is 49.5 Å². The van der Waals surface area contributed by atoms with Crippen LogP contribution in [0.15, 0.2) is 24.3 Å². The predicted molar refractivity (Wildman–Crippen MR) is 65.5 cm³/mol. The molecule has 3 N–H and O–H groups in total. The molecule has 0 radical (unpaired) electrons. The maximum absolute atomic E-state index is 6.30. The van der Waals surface area contributed by atoms with Crippen LogP contribution in [0.4, 0.5) is 0 Å². The largest absolute Gasteiger partial charge is 0.497 e. The number of piperidine rings is 1. The summed E-state index contributed by atoms with van der Waals surface area (Å²) in [5.74, 6) is 1.43. The Balaban J connectivity index is 2.09. The van der Waals surface area contributed by atoms with Crippen LogP contribution in [0.5, 0.6) is 5.75 Å². The van der Waals surface area contributed by atoms with Crippen molar-refractivity contribution in [3.05, 3.63) is 29.8 Å². The van der Waals surface area contributed by atoms with Gasteiger partial charge in [0.2, 0.25) is 0 Å². The number of nitrogens with one attached hydrogen (secondary N) is 1. The summed E-state index contributed by atoms with van der Waals surface area (Å²) in [6.07, 6.45) is 2.44. The second-order valence-electron chi connectivity index (χ2n) is 4.41. The lowest BCUT2D eigenvalue weighted by atomic mass is 9.88. The SMILES string of the molecule is COc1cccc(C(N)C2CCCNC2)c1. The third-order valence-corrected chi connectivity index (χ3v) is 3.32. The minimum absolute atomic E-state index is 0.114. The highest BCUT2D eigenvalue weighted by Gasteiger charge is 2.21. The smallest absolute Gasteiger partial charge is 0.119 e. The number of benzene rings is 1. The van der Waals surface area contributed by atoms with Crippen molar-refractivity contribution in [2.24, 2.45) is 11.7 Å². The van der Waals surface area contributed by atoms with E-state index >= 15 is 0 Å². The Labute approximate surface area is 97.0 Å². The second-order valence-corrected chi connectivity index (χ2v) is 4.41. The predicted octanol–water partition coefficient (Wildman–Crippen LogP) is 1.69. The van der Waals surface area contributed by atoms with Gasteiger partial charge in [0.15, 0.2) is 0 Å². The molecular formula is C13H20N2O. The molecule has 88 valence electrons.